The number of aryl methyl sites for hydroxylation is 1. The standard InChI is InChI=1S/C14H16N4O5/c1-2-7-17-9-5-3-4-6-10(9)18(12(21)13(22)23)14(17)16-15-8-11(19)20/h3-6,15H,2,7-8H2,1H3,(H,19,20)(H,22,23)/b16-14+. The zero-order chi connectivity index (χ0) is 17.0. The first-order chi connectivity index (χ1) is 11.0. The molecule has 1 aromatic carbocycles. The molecule has 0 aliphatic heterocycles. The van der Waals surface area contributed by atoms with Crippen molar-refractivity contribution in [3.8, 4) is 0 Å². The zero-order valence-corrected chi connectivity index (χ0v) is 12.4. The number of hydrogen-bond acceptors (Lipinski definition) is 5. The molecule has 23 heavy (non-hydrogen) atoms. The van der Waals surface area contributed by atoms with Crippen molar-refractivity contribution in [2.45, 2.75) is 19.9 Å². The van der Waals surface area contributed by atoms with E-state index in [4.69, 9.17) is 10.2 Å². The minimum Gasteiger partial charge on any atom is -0.480 e. The molecule has 0 amide bonds. The molecule has 0 radical (unpaired) electrons. The second kappa shape index (κ2) is 6.77. The van der Waals surface area contributed by atoms with Crippen LogP contribution in [0.3, 0.4) is 0 Å². The minimum absolute atomic E-state index is 0.0432. The number of carbonyl (C=O) groups is 3. The topological polar surface area (TPSA) is 126 Å². The van der Waals surface area contributed by atoms with Crippen molar-refractivity contribution in [2.24, 2.45) is 5.10 Å². The highest BCUT2D eigenvalue weighted by atomic mass is 16.4. The van der Waals surface area contributed by atoms with Crippen molar-refractivity contribution >= 4 is 28.9 Å². The van der Waals surface area contributed by atoms with Gasteiger partial charge in [0.25, 0.3) is 0 Å². The maximum absolute atomic E-state index is 12.0. The van der Waals surface area contributed by atoms with Crippen LogP contribution < -0.4 is 11.0 Å². The van der Waals surface area contributed by atoms with Gasteiger partial charge in [0.05, 0.1) is 11.0 Å². The van der Waals surface area contributed by atoms with E-state index >= 15 is 0 Å². The molecule has 2 aromatic rings. The Morgan fingerprint density at radius 3 is 2.39 bits per heavy atom. The number of nitrogens with one attached hydrogen (secondary N) is 1. The Morgan fingerprint density at radius 1 is 1.17 bits per heavy atom. The van der Waals surface area contributed by atoms with Gasteiger partial charge in [-0.15, -0.1) is 5.10 Å². The number of para-hydroxylation sites is 2. The zero-order valence-electron chi connectivity index (χ0n) is 12.4. The average molecular weight is 320 g/mol. The molecule has 2 rings (SSSR count). The van der Waals surface area contributed by atoms with E-state index in [0.29, 0.717) is 17.6 Å². The first kappa shape index (κ1) is 16.3. The largest absolute Gasteiger partial charge is 0.480 e. The smallest absolute Gasteiger partial charge is 0.395 e. The Bertz CT molecular complexity index is 833. The van der Waals surface area contributed by atoms with Crippen molar-refractivity contribution in [3.05, 3.63) is 29.9 Å². The molecule has 0 spiro atoms. The highest BCUT2D eigenvalue weighted by Gasteiger charge is 2.21. The maximum Gasteiger partial charge on any atom is 0.395 e. The summed E-state index contributed by atoms with van der Waals surface area (Å²) in [6.07, 6.45) is 0.724. The molecule has 0 aliphatic rings. The van der Waals surface area contributed by atoms with E-state index in [-0.39, 0.29) is 5.62 Å². The molecule has 1 aromatic heterocycles. The van der Waals surface area contributed by atoms with Crippen molar-refractivity contribution in [1.29, 1.82) is 0 Å². The van der Waals surface area contributed by atoms with E-state index in [1.54, 1.807) is 28.8 Å². The molecule has 9 heteroatoms. The van der Waals surface area contributed by atoms with Crippen molar-refractivity contribution < 1.29 is 24.6 Å². The second-order valence-corrected chi connectivity index (χ2v) is 4.73. The highest BCUT2D eigenvalue weighted by molar-refractivity contribution is 6.33. The maximum atomic E-state index is 12.0. The lowest BCUT2D eigenvalue weighted by Gasteiger charge is -2.03. The van der Waals surface area contributed by atoms with Crippen LogP contribution in [0, 0.1) is 0 Å². The van der Waals surface area contributed by atoms with E-state index in [1.165, 1.54) is 0 Å². The van der Waals surface area contributed by atoms with Gasteiger partial charge in [-0.25, -0.2) is 9.36 Å². The van der Waals surface area contributed by atoms with Crippen LogP contribution in [0.25, 0.3) is 11.0 Å². The Balaban J connectivity index is 2.75. The molecule has 0 aliphatic carbocycles. The first-order valence-corrected chi connectivity index (χ1v) is 6.93. The van der Waals surface area contributed by atoms with E-state index in [1.807, 2.05) is 6.92 Å². The van der Waals surface area contributed by atoms with Crippen LogP contribution in [0.4, 0.5) is 0 Å². The molecular formula is C14H16N4O5. The summed E-state index contributed by atoms with van der Waals surface area (Å²) in [5.74, 6) is -3.90. The normalized spacial score (nSPS) is 11.6. The quantitative estimate of drug-likeness (QED) is 0.528. The van der Waals surface area contributed by atoms with Gasteiger partial charge >= 0.3 is 17.8 Å². The molecule has 0 fully saturated rings. The second-order valence-electron chi connectivity index (χ2n) is 4.73. The third-order valence-corrected chi connectivity index (χ3v) is 3.10. The number of aliphatic carboxylic acids is 2. The number of nitrogens with zero attached hydrogens (tertiary/aromatic N) is 3. The summed E-state index contributed by atoms with van der Waals surface area (Å²) in [6.45, 7) is 1.97. The lowest BCUT2D eigenvalue weighted by molar-refractivity contribution is -0.136. The number of hydrogen-bond donors (Lipinski definition) is 3. The molecular weight excluding hydrogens is 304 g/mol. The molecule has 9 nitrogen and oxygen atoms in total. The Kier molecular flexibility index (Phi) is 4.79. The summed E-state index contributed by atoms with van der Waals surface area (Å²) in [4.78, 5) is 33.8. The van der Waals surface area contributed by atoms with Gasteiger partial charge in [0, 0.05) is 6.54 Å². The molecule has 0 atom stereocenters. The van der Waals surface area contributed by atoms with Crippen LogP contribution in [0.5, 0.6) is 0 Å². The number of imidazole rings is 1. The Labute approximate surface area is 130 Å². The molecule has 122 valence electrons. The molecule has 0 bridgehead atoms. The molecule has 0 saturated heterocycles. The van der Waals surface area contributed by atoms with Gasteiger partial charge in [-0.05, 0) is 18.6 Å². The van der Waals surface area contributed by atoms with Crippen LogP contribution in [-0.4, -0.2) is 43.7 Å². The summed E-state index contributed by atoms with van der Waals surface area (Å²) in [6, 6.07) is 6.79. The van der Waals surface area contributed by atoms with Gasteiger partial charge in [-0.2, -0.15) is 0 Å². The molecule has 3 N–H and O–H groups in total. The third-order valence-electron chi connectivity index (χ3n) is 3.10. The van der Waals surface area contributed by atoms with Crippen LogP contribution in [0.2, 0.25) is 0 Å². The predicted molar refractivity (Wildman–Crippen MR) is 79.7 cm³/mol. The van der Waals surface area contributed by atoms with Gasteiger partial charge in [0.15, 0.2) is 0 Å². The molecule has 0 saturated carbocycles. The number of carboxylic acid groups (broad SMARTS) is 2. The third kappa shape index (κ3) is 3.23. The lowest BCUT2D eigenvalue weighted by Crippen LogP contribution is -2.36. The summed E-state index contributed by atoms with van der Waals surface area (Å²) >= 11 is 0. The molecule has 1 heterocycles. The number of aromatic nitrogens is 2. The van der Waals surface area contributed by atoms with Gasteiger partial charge in [0.1, 0.15) is 6.54 Å². The average Bonchev–Trinajstić information content (AvgIpc) is 2.81. The van der Waals surface area contributed by atoms with Gasteiger partial charge in [-0.1, -0.05) is 19.1 Å². The number of carboxylic acids is 2. The fraction of sp³-hybridized carbons (Fsp3) is 0.286. The van der Waals surface area contributed by atoms with E-state index in [2.05, 4.69) is 10.5 Å². The van der Waals surface area contributed by atoms with E-state index in [9.17, 15) is 14.4 Å². The summed E-state index contributed by atoms with van der Waals surface area (Å²) < 4.78 is 2.63. The monoisotopic (exact) mass is 320 g/mol. The fourth-order valence-electron chi connectivity index (χ4n) is 2.25. The summed E-state index contributed by atoms with van der Waals surface area (Å²) in [5, 5.41) is 21.6. The fourth-order valence-corrected chi connectivity index (χ4v) is 2.25. The SMILES string of the molecule is CCCn1/c(=N\NCC(=O)O)n(C(=O)C(=O)O)c2ccccc21. The number of benzene rings is 1. The van der Waals surface area contributed by atoms with Crippen LogP contribution in [-0.2, 0) is 16.1 Å². The van der Waals surface area contributed by atoms with E-state index < -0.39 is 24.4 Å². The van der Waals surface area contributed by atoms with Gasteiger partial charge in [0.2, 0.25) is 5.62 Å². The van der Waals surface area contributed by atoms with Crippen LogP contribution >= 0.6 is 0 Å². The highest BCUT2D eigenvalue weighted by Crippen LogP contribution is 2.13. The molecule has 0 unspecified atom stereocenters. The van der Waals surface area contributed by atoms with Crippen LogP contribution in [0.1, 0.15) is 18.1 Å². The van der Waals surface area contributed by atoms with Crippen molar-refractivity contribution in [2.75, 3.05) is 6.54 Å². The lowest BCUT2D eigenvalue weighted by atomic mass is 10.3. The first-order valence-electron chi connectivity index (χ1n) is 6.93. The van der Waals surface area contributed by atoms with Gasteiger partial charge < -0.3 is 14.8 Å². The summed E-state index contributed by atoms with van der Waals surface area (Å²) in [7, 11) is 0. The van der Waals surface area contributed by atoms with Crippen molar-refractivity contribution in [1.82, 2.24) is 14.6 Å². The van der Waals surface area contributed by atoms with Crippen molar-refractivity contribution in [3.63, 3.8) is 0 Å². The Morgan fingerprint density at radius 2 is 1.83 bits per heavy atom. The predicted octanol–water partition coefficient (Wildman–Crippen LogP) is 0.0675. The Hall–Kier alpha value is -3.10. The number of fused-ring (bicyclic) bond motifs is 1. The number of carbonyl (C=O) groups excluding carboxylic acids is 1. The van der Waals surface area contributed by atoms with Gasteiger partial charge in [-0.3, -0.25) is 15.0 Å². The summed E-state index contributed by atoms with van der Waals surface area (Å²) in [5.41, 5.74) is 3.41. The minimum atomic E-state index is -1.62. The number of rotatable bonds is 5. The van der Waals surface area contributed by atoms with E-state index in [0.717, 1.165) is 11.0 Å². The van der Waals surface area contributed by atoms with Crippen LogP contribution in [0.15, 0.2) is 29.4 Å².